The van der Waals surface area contributed by atoms with Crippen LogP contribution in [-0.2, 0) is 4.79 Å². The van der Waals surface area contributed by atoms with Crippen molar-refractivity contribution in [3.8, 4) is 0 Å². The molecule has 1 heteroatoms. The zero-order valence-electron chi connectivity index (χ0n) is 4.90. The van der Waals surface area contributed by atoms with Crippen molar-refractivity contribution in [3.05, 3.63) is 24.1 Å². The molecule has 0 rings (SSSR count). The second-order valence-electron chi connectivity index (χ2n) is 1.29. The SMILES string of the molecule is C=C=C=CC(=O)CC. The summed E-state index contributed by atoms with van der Waals surface area (Å²) in [5.41, 5.74) is 4.82. The molecule has 8 heavy (non-hydrogen) atoms. The molecule has 0 atom stereocenters. The van der Waals surface area contributed by atoms with Crippen molar-refractivity contribution in [1.29, 1.82) is 0 Å². The van der Waals surface area contributed by atoms with Crippen LogP contribution < -0.4 is 0 Å². The lowest BCUT2D eigenvalue weighted by atomic mass is 10.3. The van der Waals surface area contributed by atoms with Crippen molar-refractivity contribution in [2.75, 3.05) is 0 Å². The molecule has 0 aliphatic heterocycles. The highest BCUT2D eigenvalue weighted by atomic mass is 16.1. The molecular weight excluding hydrogens is 100 g/mol. The number of ketones is 1. The number of carbonyl (C=O) groups is 1. The third-order valence-electron chi connectivity index (χ3n) is 0.684. The van der Waals surface area contributed by atoms with Gasteiger partial charge in [-0.15, -0.1) is 0 Å². The van der Waals surface area contributed by atoms with Crippen LogP contribution in [-0.4, -0.2) is 5.78 Å². The molecule has 0 amide bonds. The van der Waals surface area contributed by atoms with Crippen molar-refractivity contribution in [2.24, 2.45) is 0 Å². The van der Waals surface area contributed by atoms with Crippen LogP contribution in [0.4, 0.5) is 0 Å². The first-order valence-electron chi connectivity index (χ1n) is 2.45. The van der Waals surface area contributed by atoms with Gasteiger partial charge in [0.25, 0.3) is 0 Å². The molecule has 0 aliphatic rings. The molecule has 0 N–H and O–H groups in total. The minimum absolute atomic E-state index is 0.0566. The molecule has 0 aromatic carbocycles. The summed E-state index contributed by atoms with van der Waals surface area (Å²) in [6.07, 6.45) is 1.86. The fourth-order valence-electron chi connectivity index (χ4n) is 0.234. The third kappa shape index (κ3) is 3.17. The Morgan fingerprint density at radius 2 is 2.50 bits per heavy atom. The largest absolute Gasteiger partial charge is 0.294 e. The first kappa shape index (κ1) is 6.97. The zero-order valence-corrected chi connectivity index (χ0v) is 4.90. The summed E-state index contributed by atoms with van der Waals surface area (Å²) >= 11 is 0. The Morgan fingerprint density at radius 3 is 2.88 bits per heavy atom. The number of hydrogen-bond donors (Lipinski definition) is 0. The fraction of sp³-hybridized carbons (Fsp3) is 0.286. The molecule has 0 fully saturated rings. The quantitative estimate of drug-likeness (QED) is 0.386. The maximum Gasteiger partial charge on any atom is 0.163 e. The van der Waals surface area contributed by atoms with Crippen molar-refractivity contribution >= 4 is 5.78 Å². The van der Waals surface area contributed by atoms with Crippen LogP contribution >= 0.6 is 0 Å². The lowest BCUT2D eigenvalue weighted by molar-refractivity contribution is -0.114. The molecule has 0 aliphatic carbocycles. The highest BCUT2D eigenvalue weighted by Crippen LogP contribution is 1.78. The van der Waals surface area contributed by atoms with E-state index in [1.54, 1.807) is 6.92 Å². The molecule has 1 nitrogen and oxygen atoms in total. The molecule has 42 valence electrons. The highest BCUT2D eigenvalue weighted by Gasteiger charge is 1.84. The highest BCUT2D eigenvalue weighted by molar-refractivity contribution is 5.89. The van der Waals surface area contributed by atoms with Crippen molar-refractivity contribution < 1.29 is 4.79 Å². The van der Waals surface area contributed by atoms with Gasteiger partial charge in [0.05, 0.1) is 0 Å². The summed E-state index contributed by atoms with van der Waals surface area (Å²) in [7, 11) is 0. The van der Waals surface area contributed by atoms with E-state index in [4.69, 9.17) is 0 Å². The Balaban J connectivity index is 3.90. The van der Waals surface area contributed by atoms with Crippen molar-refractivity contribution in [2.45, 2.75) is 13.3 Å². The van der Waals surface area contributed by atoms with E-state index in [1.807, 2.05) is 0 Å². The van der Waals surface area contributed by atoms with Gasteiger partial charge in [-0.05, 0) is 6.58 Å². The van der Waals surface area contributed by atoms with Gasteiger partial charge in [0.2, 0.25) is 0 Å². The minimum atomic E-state index is 0.0566. The Morgan fingerprint density at radius 1 is 1.88 bits per heavy atom. The molecule has 0 aromatic heterocycles. The van der Waals surface area contributed by atoms with Gasteiger partial charge in [-0.3, -0.25) is 4.79 Å². The molecule has 0 saturated carbocycles. The van der Waals surface area contributed by atoms with E-state index in [0.29, 0.717) is 6.42 Å². The number of allylic oxidation sites excluding steroid dienone is 1. The molecule has 0 radical (unpaired) electrons. The van der Waals surface area contributed by atoms with Crippen molar-refractivity contribution in [3.63, 3.8) is 0 Å². The minimum Gasteiger partial charge on any atom is -0.294 e. The van der Waals surface area contributed by atoms with E-state index in [-0.39, 0.29) is 5.78 Å². The zero-order chi connectivity index (χ0) is 6.41. The van der Waals surface area contributed by atoms with E-state index in [1.165, 1.54) is 6.08 Å². The van der Waals surface area contributed by atoms with Gasteiger partial charge in [0, 0.05) is 12.5 Å². The van der Waals surface area contributed by atoms with Crippen LogP contribution in [0.1, 0.15) is 13.3 Å². The third-order valence-corrected chi connectivity index (χ3v) is 0.684. The second kappa shape index (κ2) is 4.14. The molecule has 0 bridgehead atoms. The first-order chi connectivity index (χ1) is 3.81. The molecule has 0 spiro atoms. The van der Waals surface area contributed by atoms with Crippen LogP contribution in [0.5, 0.6) is 0 Å². The fourth-order valence-corrected chi connectivity index (χ4v) is 0.234. The van der Waals surface area contributed by atoms with Gasteiger partial charge < -0.3 is 0 Å². The summed E-state index contributed by atoms with van der Waals surface area (Å²) in [5.74, 6) is 0.0566. The second-order valence-corrected chi connectivity index (χ2v) is 1.29. The Bertz CT molecular complexity index is 155. The normalized spacial score (nSPS) is 6.62. The van der Waals surface area contributed by atoms with Crippen LogP contribution in [0.15, 0.2) is 24.1 Å². The Hall–Kier alpha value is -1.03. The van der Waals surface area contributed by atoms with Crippen LogP contribution in [0.25, 0.3) is 0 Å². The Labute approximate surface area is 49.0 Å². The number of carbonyl (C=O) groups excluding carboxylic acids is 1. The lowest BCUT2D eigenvalue weighted by Gasteiger charge is -1.75. The van der Waals surface area contributed by atoms with E-state index < -0.39 is 0 Å². The van der Waals surface area contributed by atoms with E-state index in [0.717, 1.165) is 0 Å². The summed E-state index contributed by atoms with van der Waals surface area (Å²) < 4.78 is 0. The lowest BCUT2D eigenvalue weighted by Crippen LogP contribution is -1.84. The standard InChI is InChI=1S/C7H8O/c1-3-5-6-7(8)4-2/h6H,1,4H2,2H3. The van der Waals surface area contributed by atoms with Crippen LogP contribution in [0.3, 0.4) is 0 Å². The average molecular weight is 108 g/mol. The number of hydrogen-bond acceptors (Lipinski definition) is 1. The van der Waals surface area contributed by atoms with Crippen molar-refractivity contribution in [1.82, 2.24) is 0 Å². The van der Waals surface area contributed by atoms with Gasteiger partial charge >= 0.3 is 0 Å². The summed E-state index contributed by atoms with van der Waals surface area (Å²) in [6, 6.07) is 0. The molecule has 0 saturated heterocycles. The smallest absolute Gasteiger partial charge is 0.163 e. The monoisotopic (exact) mass is 108 g/mol. The maximum absolute atomic E-state index is 10.4. The number of rotatable bonds is 2. The average Bonchev–Trinajstić information content (AvgIpc) is 1.83. The van der Waals surface area contributed by atoms with E-state index in [9.17, 15) is 4.79 Å². The Kier molecular flexibility index (Phi) is 3.60. The van der Waals surface area contributed by atoms with E-state index in [2.05, 4.69) is 18.0 Å². The molecule has 0 unspecified atom stereocenters. The van der Waals surface area contributed by atoms with Crippen LogP contribution in [0, 0.1) is 0 Å². The summed E-state index contributed by atoms with van der Waals surface area (Å²) in [5, 5.41) is 0. The van der Waals surface area contributed by atoms with Gasteiger partial charge in [-0.25, -0.2) is 0 Å². The van der Waals surface area contributed by atoms with Crippen LogP contribution in [0.2, 0.25) is 0 Å². The van der Waals surface area contributed by atoms with E-state index >= 15 is 0 Å². The maximum atomic E-state index is 10.4. The first-order valence-corrected chi connectivity index (χ1v) is 2.45. The topological polar surface area (TPSA) is 17.1 Å². The van der Waals surface area contributed by atoms with Gasteiger partial charge in [-0.2, -0.15) is 0 Å². The predicted octanol–water partition coefficient (Wildman–Crippen LogP) is 1.46. The van der Waals surface area contributed by atoms with Gasteiger partial charge in [-0.1, -0.05) is 18.4 Å². The van der Waals surface area contributed by atoms with Gasteiger partial charge in [0.15, 0.2) is 5.78 Å². The molecule has 0 aromatic rings. The summed E-state index contributed by atoms with van der Waals surface area (Å²) in [6.45, 7) is 5.04. The molecule has 0 heterocycles. The predicted molar refractivity (Wildman–Crippen MR) is 32.5 cm³/mol. The summed E-state index contributed by atoms with van der Waals surface area (Å²) in [4.78, 5) is 10.4. The molecular formula is C7H8O. The van der Waals surface area contributed by atoms with Gasteiger partial charge in [0.1, 0.15) is 0 Å².